The van der Waals surface area contributed by atoms with Crippen molar-refractivity contribution in [3.05, 3.63) is 65.7 Å². The topological polar surface area (TPSA) is 113 Å². The fraction of sp³-hybridized carbons (Fsp3) is 0.296. The molecule has 0 bridgehead atoms. The SMILES string of the molecule is COc1ccc(S(=O)(=O)N(CC(=O)NCc2ccc(OC)c(OC)c2OC)c2cccc(C(F)(F)F)c2)cc1OC. The lowest BCUT2D eigenvalue weighted by molar-refractivity contribution is -0.137. The van der Waals surface area contributed by atoms with Crippen molar-refractivity contribution in [3.63, 3.8) is 0 Å². The molecule has 41 heavy (non-hydrogen) atoms. The molecule has 0 spiro atoms. The quantitative estimate of drug-likeness (QED) is 0.329. The summed E-state index contributed by atoms with van der Waals surface area (Å²) in [5.41, 5.74) is -0.974. The van der Waals surface area contributed by atoms with Gasteiger partial charge in [0, 0.05) is 18.2 Å². The molecule has 3 aromatic carbocycles. The van der Waals surface area contributed by atoms with Crippen LogP contribution in [0.1, 0.15) is 11.1 Å². The highest BCUT2D eigenvalue weighted by atomic mass is 32.2. The number of halogens is 3. The van der Waals surface area contributed by atoms with Gasteiger partial charge in [-0.1, -0.05) is 6.07 Å². The number of benzene rings is 3. The largest absolute Gasteiger partial charge is 0.493 e. The first-order valence-corrected chi connectivity index (χ1v) is 13.3. The summed E-state index contributed by atoms with van der Waals surface area (Å²) < 4.78 is 94.8. The summed E-state index contributed by atoms with van der Waals surface area (Å²) in [7, 11) is 2.34. The summed E-state index contributed by atoms with van der Waals surface area (Å²) in [6, 6.07) is 10.6. The van der Waals surface area contributed by atoms with Crippen molar-refractivity contribution in [3.8, 4) is 28.7 Å². The van der Waals surface area contributed by atoms with E-state index in [1.165, 1.54) is 47.7 Å². The lowest BCUT2D eigenvalue weighted by Gasteiger charge is -2.25. The summed E-state index contributed by atoms with van der Waals surface area (Å²) in [4.78, 5) is 12.7. The van der Waals surface area contributed by atoms with Crippen molar-refractivity contribution in [2.75, 3.05) is 46.4 Å². The van der Waals surface area contributed by atoms with Gasteiger partial charge in [-0.15, -0.1) is 0 Å². The number of nitrogens with one attached hydrogen (secondary N) is 1. The Hall–Kier alpha value is -4.33. The maximum Gasteiger partial charge on any atom is 0.416 e. The maximum atomic E-state index is 13.7. The Balaban J connectivity index is 2.00. The smallest absolute Gasteiger partial charge is 0.416 e. The van der Waals surface area contributed by atoms with Crippen LogP contribution in [0.4, 0.5) is 18.9 Å². The summed E-state index contributed by atoms with van der Waals surface area (Å²) in [5, 5.41) is 2.58. The second-order valence-corrected chi connectivity index (χ2v) is 10.2. The number of hydrogen-bond acceptors (Lipinski definition) is 8. The third kappa shape index (κ3) is 6.88. The van der Waals surface area contributed by atoms with Gasteiger partial charge in [-0.25, -0.2) is 8.42 Å². The number of methoxy groups -OCH3 is 5. The van der Waals surface area contributed by atoms with Gasteiger partial charge in [0.15, 0.2) is 23.0 Å². The summed E-state index contributed by atoms with van der Waals surface area (Å²) >= 11 is 0. The molecule has 0 aliphatic carbocycles. The number of rotatable bonds is 12. The predicted molar refractivity (Wildman–Crippen MR) is 143 cm³/mol. The highest BCUT2D eigenvalue weighted by Crippen LogP contribution is 2.40. The van der Waals surface area contributed by atoms with E-state index in [0.29, 0.717) is 21.7 Å². The van der Waals surface area contributed by atoms with Crippen LogP contribution >= 0.6 is 0 Å². The molecule has 0 unspecified atom stereocenters. The number of alkyl halides is 3. The van der Waals surface area contributed by atoms with Crippen molar-refractivity contribution >= 4 is 21.6 Å². The molecule has 0 heterocycles. The summed E-state index contributed by atoms with van der Waals surface area (Å²) in [6.07, 6.45) is -4.75. The van der Waals surface area contributed by atoms with E-state index in [4.69, 9.17) is 23.7 Å². The van der Waals surface area contributed by atoms with Crippen molar-refractivity contribution in [2.24, 2.45) is 0 Å². The zero-order chi connectivity index (χ0) is 30.4. The molecule has 222 valence electrons. The molecule has 0 aliphatic heterocycles. The second kappa shape index (κ2) is 12.9. The van der Waals surface area contributed by atoms with E-state index in [1.54, 1.807) is 12.1 Å². The molecule has 1 N–H and O–H groups in total. The Morgan fingerprint density at radius 1 is 0.805 bits per heavy atom. The number of carbonyl (C=O) groups excluding carboxylic acids is 1. The average molecular weight is 599 g/mol. The van der Waals surface area contributed by atoms with E-state index in [0.717, 1.165) is 24.3 Å². The van der Waals surface area contributed by atoms with Gasteiger partial charge in [-0.3, -0.25) is 9.10 Å². The van der Waals surface area contributed by atoms with E-state index in [9.17, 15) is 26.4 Å². The Labute approximate surface area is 235 Å². The highest BCUT2D eigenvalue weighted by molar-refractivity contribution is 7.92. The minimum Gasteiger partial charge on any atom is -0.493 e. The van der Waals surface area contributed by atoms with E-state index in [2.05, 4.69) is 5.32 Å². The van der Waals surface area contributed by atoms with Gasteiger partial charge in [0.2, 0.25) is 11.7 Å². The van der Waals surface area contributed by atoms with Crippen LogP contribution in [0.5, 0.6) is 28.7 Å². The lowest BCUT2D eigenvalue weighted by Crippen LogP contribution is -2.40. The number of carbonyl (C=O) groups is 1. The number of anilines is 1. The Bertz CT molecular complexity index is 1500. The standard InChI is InChI=1S/C27H29F3N2O8S/c1-36-21-12-10-20(14-23(21)38-3)41(34,35)32(19-8-6-7-18(13-19)27(28,29)30)16-24(33)31-15-17-9-11-22(37-2)26(40-5)25(17)39-4/h6-14H,15-16H2,1-5H3,(H,31,33). The molecular formula is C27H29F3N2O8S. The minimum atomic E-state index is -4.75. The van der Waals surface area contributed by atoms with Gasteiger partial charge in [0.05, 0.1) is 51.7 Å². The normalized spacial score (nSPS) is 11.4. The van der Waals surface area contributed by atoms with Crippen molar-refractivity contribution in [1.82, 2.24) is 5.32 Å². The minimum absolute atomic E-state index is 0.0718. The van der Waals surface area contributed by atoms with Crippen LogP contribution in [0.3, 0.4) is 0 Å². The van der Waals surface area contributed by atoms with Crippen LogP contribution in [-0.4, -0.2) is 56.4 Å². The maximum absolute atomic E-state index is 13.7. The van der Waals surface area contributed by atoms with Crippen LogP contribution in [0.15, 0.2) is 59.5 Å². The van der Waals surface area contributed by atoms with Gasteiger partial charge >= 0.3 is 6.18 Å². The van der Waals surface area contributed by atoms with E-state index < -0.39 is 34.2 Å². The van der Waals surface area contributed by atoms with Crippen LogP contribution in [0, 0.1) is 0 Å². The molecule has 3 aromatic rings. The molecule has 0 saturated carbocycles. The summed E-state index contributed by atoms with van der Waals surface area (Å²) in [6.45, 7) is -0.956. The van der Waals surface area contributed by atoms with E-state index >= 15 is 0 Å². The fourth-order valence-corrected chi connectivity index (χ4v) is 5.37. The summed E-state index contributed by atoms with van der Waals surface area (Å²) in [5.74, 6) is 0.448. The molecule has 1 amide bonds. The third-order valence-corrected chi connectivity index (χ3v) is 7.72. The molecule has 0 aromatic heterocycles. The molecule has 0 radical (unpaired) electrons. The third-order valence-electron chi connectivity index (χ3n) is 5.95. The van der Waals surface area contributed by atoms with Crippen LogP contribution in [0.25, 0.3) is 0 Å². The number of hydrogen-bond donors (Lipinski definition) is 1. The van der Waals surface area contributed by atoms with Gasteiger partial charge in [-0.05, 0) is 42.5 Å². The number of nitrogens with zero attached hydrogens (tertiary/aromatic N) is 1. The highest BCUT2D eigenvalue weighted by Gasteiger charge is 2.33. The predicted octanol–water partition coefficient (Wildman–Crippen LogP) is 4.26. The van der Waals surface area contributed by atoms with Gasteiger partial charge in [0.25, 0.3) is 10.0 Å². The molecule has 0 atom stereocenters. The number of ether oxygens (including phenoxy) is 5. The first kappa shape index (κ1) is 31.2. The number of sulfonamides is 1. The first-order valence-electron chi connectivity index (χ1n) is 11.9. The Kier molecular flexibility index (Phi) is 9.81. The van der Waals surface area contributed by atoms with Gasteiger partial charge in [-0.2, -0.15) is 13.2 Å². The zero-order valence-electron chi connectivity index (χ0n) is 22.9. The van der Waals surface area contributed by atoms with Crippen molar-refractivity contribution < 1.29 is 50.1 Å². The van der Waals surface area contributed by atoms with Gasteiger partial charge in [0.1, 0.15) is 6.54 Å². The van der Waals surface area contributed by atoms with Crippen LogP contribution in [-0.2, 0) is 27.5 Å². The van der Waals surface area contributed by atoms with E-state index in [-0.39, 0.29) is 40.1 Å². The van der Waals surface area contributed by atoms with E-state index in [1.807, 2.05) is 0 Å². The zero-order valence-corrected chi connectivity index (χ0v) is 23.7. The molecule has 0 aliphatic rings. The molecule has 0 fully saturated rings. The second-order valence-electron chi connectivity index (χ2n) is 8.35. The van der Waals surface area contributed by atoms with Crippen LogP contribution in [0.2, 0.25) is 0 Å². The first-order chi connectivity index (χ1) is 19.4. The average Bonchev–Trinajstić information content (AvgIpc) is 2.97. The monoisotopic (exact) mass is 598 g/mol. The lowest BCUT2D eigenvalue weighted by atomic mass is 10.1. The molecule has 10 nitrogen and oxygen atoms in total. The van der Waals surface area contributed by atoms with Crippen molar-refractivity contribution in [2.45, 2.75) is 17.6 Å². The molecule has 0 saturated heterocycles. The Morgan fingerprint density at radius 2 is 1.44 bits per heavy atom. The molecule has 14 heteroatoms. The molecular weight excluding hydrogens is 569 g/mol. The van der Waals surface area contributed by atoms with Crippen molar-refractivity contribution in [1.29, 1.82) is 0 Å². The fourth-order valence-electron chi connectivity index (χ4n) is 3.94. The molecule has 3 rings (SSSR count). The Morgan fingerprint density at radius 3 is 2.02 bits per heavy atom. The van der Waals surface area contributed by atoms with Gasteiger partial charge < -0.3 is 29.0 Å². The van der Waals surface area contributed by atoms with Crippen LogP contribution < -0.4 is 33.3 Å². The number of amides is 1.